The molecule has 0 fully saturated rings. The molecular formula is C14H14N4O. The summed E-state index contributed by atoms with van der Waals surface area (Å²) < 4.78 is 0. The second-order valence-corrected chi connectivity index (χ2v) is 4.34. The highest BCUT2D eigenvalue weighted by Crippen LogP contribution is 2.36. The van der Waals surface area contributed by atoms with Crippen molar-refractivity contribution in [3.63, 3.8) is 0 Å². The molecule has 2 aromatic rings. The number of carbonyl (C=O) groups excluding carboxylic acids is 1. The van der Waals surface area contributed by atoms with E-state index in [1.165, 1.54) is 0 Å². The molecule has 3 rings (SSSR count). The molecule has 5 nitrogen and oxygen atoms in total. The molecular weight excluding hydrogens is 240 g/mol. The van der Waals surface area contributed by atoms with Crippen LogP contribution >= 0.6 is 0 Å². The van der Waals surface area contributed by atoms with Crippen molar-refractivity contribution in [1.82, 2.24) is 4.98 Å². The Bertz CT molecular complexity index is 599. The Hall–Kier alpha value is -2.56. The summed E-state index contributed by atoms with van der Waals surface area (Å²) in [6.45, 7) is 1.29. The van der Waals surface area contributed by atoms with Crippen molar-refractivity contribution >= 4 is 23.1 Å². The smallest absolute Gasteiger partial charge is 0.319 e. The molecule has 0 aliphatic carbocycles. The molecule has 2 heterocycles. The Balaban J connectivity index is 2.07. The summed E-state index contributed by atoms with van der Waals surface area (Å²) in [5.41, 5.74) is 8.32. The number of carbonyl (C=O) groups is 1. The molecule has 1 aromatic carbocycles. The lowest BCUT2D eigenvalue weighted by atomic mass is 10.1. The number of pyridine rings is 1. The van der Waals surface area contributed by atoms with Crippen molar-refractivity contribution in [1.29, 1.82) is 0 Å². The first-order valence-corrected chi connectivity index (χ1v) is 6.11. The normalized spacial score (nSPS) is 14.1. The Labute approximate surface area is 111 Å². The van der Waals surface area contributed by atoms with E-state index in [4.69, 9.17) is 5.73 Å². The summed E-state index contributed by atoms with van der Waals surface area (Å²) in [7, 11) is 0. The molecule has 0 bridgehead atoms. The van der Waals surface area contributed by atoms with Gasteiger partial charge in [-0.1, -0.05) is 12.1 Å². The van der Waals surface area contributed by atoms with Gasteiger partial charge in [-0.15, -0.1) is 0 Å². The van der Waals surface area contributed by atoms with Crippen molar-refractivity contribution in [3.8, 4) is 0 Å². The first-order chi connectivity index (χ1) is 9.27. The minimum absolute atomic E-state index is 0.415. The van der Waals surface area contributed by atoms with E-state index in [2.05, 4.69) is 9.88 Å². The fourth-order valence-electron chi connectivity index (χ4n) is 2.38. The molecule has 0 saturated carbocycles. The second-order valence-electron chi connectivity index (χ2n) is 4.34. The van der Waals surface area contributed by atoms with Gasteiger partial charge in [0.05, 0.1) is 11.4 Å². The highest BCUT2D eigenvalue weighted by molar-refractivity contribution is 5.96. The van der Waals surface area contributed by atoms with E-state index < -0.39 is 6.03 Å². The summed E-state index contributed by atoms with van der Waals surface area (Å²) in [5.74, 6) is 0. The number of para-hydroxylation sites is 2. The van der Waals surface area contributed by atoms with Crippen LogP contribution in [-0.2, 0) is 0 Å². The average Bonchev–Trinajstić information content (AvgIpc) is 2.47. The van der Waals surface area contributed by atoms with E-state index >= 15 is 0 Å². The maximum absolute atomic E-state index is 11.5. The summed E-state index contributed by atoms with van der Waals surface area (Å²) in [6.07, 6.45) is 3.52. The SMILES string of the molecule is NC(=O)N1CCN(c2ccncc2)c2ccccc21. The lowest BCUT2D eigenvalue weighted by molar-refractivity contribution is 0.254. The van der Waals surface area contributed by atoms with Crippen LogP contribution in [0.3, 0.4) is 0 Å². The van der Waals surface area contributed by atoms with Crippen molar-refractivity contribution in [3.05, 3.63) is 48.8 Å². The number of anilines is 3. The van der Waals surface area contributed by atoms with Gasteiger partial charge in [0.2, 0.25) is 0 Å². The number of rotatable bonds is 1. The number of primary amides is 1. The first-order valence-electron chi connectivity index (χ1n) is 6.11. The maximum Gasteiger partial charge on any atom is 0.319 e. The van der Waals surface area contributed by atoms with Crippen LogP contribution in [0.4, 0.5) is 21.9 Å². The fraction of sp³-hybridized carbons (Fsp3) is 0.143. The van der Waals surface area contributed by atoms with E-state index in [-0.39, 0.29) is 0 Å². The standard InChI is InChI=1S/C14H14N4O/c15-14(19)18-10-9-17(11-5-7-16-8-6-11)12-3-1-2-4-13(12)18/h1-8H,9-10H2,(H2,15,19). The topological polar surface area (TPSA) is 62.5 Å². The number of urea groups is 1. The molecule has 0 unspecified atom stereocenters. The van der Waals surface area contributed by atoms with Gasteiger partial charge in [0.15, 0.2) is 0 Å². The molecule has 2 N–H and O–H groups in total. The molecule has 0 radical (unpaired) electrons. The van der Waals surface area contributed by atoms with Crippen LogP contribution in [0.25, 0.3) is 0 Å². The van der Waals surface area contributed by atoms with Crippen LogP contribution < -0.4 is 15.5 Å². The molecule has 96 valence electrons. The molecule has 19 heavy (non-hydrogen) atoms. The maximum atomic E-state index is 11.5. The van der Waals surface area contributed by atoms with Gasteiger partial charge in [-0.25, -0.2) is 4.79 Å². The van der Waals surface area contributed by atoms with Crippen LogP contribution in [0.2, 0.25) is 0 Å². The van der Waals surface area contributed by atoms with E-state index in [1.807, 2.05) is 36.4 Å². The van der Waals surface area contributed by atoms with Gasteiger partial charge < -0.3 is 10.6 Å². The van der Waals surface area contributed by atoms with Crippen molar-refractivity contribution in [2.24, 2.45) is 5.73 Å². The third kappa shape index (κ3) is 1.99. The minimum Gasteiger partial charge on any atom is -0.351 e. The third-order valence-corrected chi connectivity index (χ3v) is 3.25. The zero-order valence-electron chi connectivity index (χ0n) is 10.4. The van der Waals surface area contributed by atoms with Gasteiger partial charge >= 0.3 is 6.03 Å². The van der Waals surface area contributed by atoms with Crippen LogP contribution in [0.15, 0.2) is 48.8 Å². The molecule has 0 spiro atoms. The van der Waals surface area contributed by atoms with Gasteiger partial charge in [0.1, 0.15) is 0 Å². The van der Waals surface area contributed by atoms with Crippen LogP contribution in [-0.4, -0.2) is 24.1 Å². The van der Waals surface area contributed by atoms with E-state index in [0.29, 0.717) is 13.1 Å². The van der Waals surface area contributed by atoms with E-state index in [1.54, 1.807) is 17.3 Å². The lowest BCUT2D eigenvalue weighted by Crippen LogP contribution is -2.44. The van der Waals surface area contributed by atoms with Crippen molar-refractivity contribution in [2.45, 2.75) is 0 Å². The average molecular weight is 254 g/mol. The Morgan fingerprint density at radius 3 is 2.42 bits per heavy atom. The summed E-state index contributed by atoms with van der Waals surface area (Å²) in [4.78, 5) is 19.3. The van der Waals surface area contributed by atoms with Crippen LogP contribution in [0.5, 0.6) is 0 Å². The van der Waals surface area contributed by atoms with Crippen molar-refractivity contribution < 1.29 is 4.79 Å². The summed E-state index contributed by atoms with van der Waals surface area (Å²) in [6, 6.07) is 11.3. The number of amides is 2. The summed E-state index contributed by atoms with van der Waals surface area (Å²) >= 11 is 0. The number of fused-ring (bicyclic) bond motifs is 1. The monoisotopic (exact) mass is 254 g/mol. The first kappa shape index (κ1) is 11.5. The molecule has 0 atom stereocenters. The highest BCUT2D eigenvalue weighted by Gasteiger charge is 2.25. The molecule has 1 aliphatic rings. The van der Waals surface area contributed by atoms with Crippen LogP contribution in [0.1, 0.15) is 0 Å². The number of nitrogens with two attached hydrogens (primary N) is 1. The van der Waals surface area contributed by atoms with Gasteiger partial charge in [-0.3, -0.25) is 9.88 Å². The Morgan fingerprint density at radius 1 is 1.05 bits per heavy atom. The van der Waals surface area contributed by atoms with Gasteiger partial charge in [-0.2, -0.15) is 0 Å². The van der Waals surface area contributed by atoms with Gasteiger partial charge in [0, 0.05) is 31.2 Å². The minimum atomic E-state index is -0.415. The zero-order chi connectivity index (χ0) is 13.2. The number of aromatic nitrogens is 1. The van der Waals surface area contributed by atoms with Crippen molar-refractivity contribution in [2.75, 3.05) is 22.9 Å². The van der Waals surface area contributed by atoms with Crippen LogP contribution in [0, 0.1) is 0 Å². The Kier molecular flexibility index (Phi) is 2.79. The quantitative estimate of drug-likeness (QED) is 0.847. The summed E-state index contributed by atoms with van der Waals surface area (Å²) in [5, 5.41) is 0. The number of hydrogen-bond acceptors (Lipinski definition) is 3. The molecule has 2 amide bonds. The van der Waals surface area contributed by atoms with Gasteiger partial charge in [-0.05, 0) is 24.3 Å². The van der Waals surface area contributed by atoms with E-state index in [0.717, 1.165) is 17.1 Å². The van der Waals surface area contributed by atoms with Gasteiger partial charge in [0.25, 0.3) is 0 Å². The predicted octanol–water partition coefficient (Wildman–Crippen LogP) is 2.12. The molecule has 1 aromatic heterocycles. The largest absolute Gasteiger partial charge is 0.351 e. The predicted molar refractivity (Wildman–Crippen MR) is 74.6 cm³/mol. The molecule has 5 heteroatoms. The Morgan fingerprint density at radius 2 is 1.74 bits per heavy atom. The number of benzene rings is 1. The number of hydrogen-bond donors (Lipinski definition) is 1. The van der Waals surface area contributed by atoms with E-state index in [9.17, 15) is 4.79 Å². The molecule has 0 saturated heterocycles. The lowest BCUT2D eigenvalue weighted by Gasteiger charge is -2.36. The highest BCUT2D eigenvalue weighted by atomic mass is 16.2. The number of nitrogens with zero attached hydrogens (tertiary/aromatic N) is 3. The second kappa shape index (κ2) is 4.61. The zero-order valence-corrected chi connectivity index (χ0v) is 10.4. The third-order valence-electron chi connectivity index (χ3n) is 3.25. The molecule has 1 aliphatic heterocycles. The fourth-order valence-corrected chi connectivity index (χ4v) is 2.38.